The van der Waals surface area contributed by atoms with E-state index >= 15 is 0 Å². The van der Waals surface area contributed by atoms with Gasteiger partial charge in [0.15, 0.2) is 11.6 Å². The van der Waals surface area contributed by atoms with Crippen LogP contribution < -0.4 is 5.32 Å². The van der Waals surface area contributed by atoms with Gasteiger partial charge < -0.3 is 10.4 Å². The van der Waals surface area contributed by atoms with Gasteiger partial charge in [0, 0.05) is 38.4 Å². The highest BCUT2D eigenvalue weighted by atomic mass is 35.5. The third-order valence-electron chi connectivity index (χ3n) is 4.33. The molecule has 136 valence electrons. The predicted molar refractivity (Wildman–Crippen MR) is 94.4 cm³/mol. The smallest absolute Gasteiger partial charge is 0.159 e. The minimum Gasteiger partial charge on any atom is -0.390 e. The highest BCUT2D eigenvalue weighted by Gasteiger charge is 2.27. The number of likely N-dealkylation sites (tertiary alicyclic amines) is 1. The van der Waals surface area contributed by atoms with Crippen LogP contribution in [-0.2, 0) is 13.1 Å². The quantitative estimate of drug-likeness (QED) is 0.850. The molecule has 0 spiro atoms. The Morgan fingerprint density at radius 1 is 1.20 bits per heavy atom. The molecule has 2 N–H and O–H groups in total. The molecule has 0 saturated carbocycles. The van der Waals surface area contributed by atoms with Crippen molar-refractivity contribution >= 4 is 12.4 Å². The molecular weight excluding hydrogens is 348 g/mol. The van der Waals surface area contributed by atoms with Crippen LogP contribution in [0.5, 0.6) is 0 Å². The summed E-state index contributed by atoms with van der Waals surface area (Å²) >= 11 is 0. The van der Waals surface area contributed by atoms with E-state index in [4.69, 9.17) is 0 Å². The summed E-state index contributed by atoms with van der Waals surface area (Å²) in [6.07, 6.45) is 2.03. The molecule has 1 aliphatic heterocycles. The van der Waals surface area contributed by atoms with Gasteiger partial charge in [-0.25, -0.2) is 8.78 Å². The summed E-state index contributed by atoms with van der Waals surface area (Å²) in [5, 5.41) is 13.7. The van der Waals surface area contributed by atoms with Crippen LogP contribution in [0.2, 0.25) is 0 Å². The second-order valence-corrected chi connectivity index (χ2v) is 6.15. The number of aliphatic hydroxyl groups is 1. The molecule has 1 aliphatic rings. The summed E-state index contributed by atoms with van der Waals surface area (Å²) in [5.41, 5.74) is 1.65. The fourth-order valence-electron chi connectivity index (χ4n) is 3.01. The maximum Gasteiger partial charge on any atom is 0.159 e. The number of aliphatic hydroxyl groups excluding tert-OH is 1. The summed E-state index contributed by atoms with van der Waals surface area (Å²) in [6, 6.07) is 9.69. The molecule has 1 aromatic heterocycles. The van der Waals surface area contributed by atoms with Crippen molar-refractivity contribution in [2.45, 2.75) is 31.7 Å². The zero-order chi connectivity index (χ0) is 16.9. The van der Waals surface area contributed by atoms with E-state index in [1.165, 1.54) is 6.07 Å². The first-order valence-electron chi connectivity index (χ1n) is 8.09. The Morgan fingerprint density at radius 2 is 2.04 bits per heavy atom. The summed E-state index contributed by atoms with van der Waals surface area (Å²) in [4.78, 5) is 6.31. The SMILES string of the molecule is Cl.O[C@@H]1CN(Cc2ccc(F)c(F)c2)CC[C@H]1NCc1ccccn1. The standard InChI is InChI=1S/C18H21F2N3O.ClH/c19-15-5-4-13(9-16(15)20)11-23-8-6-17(18(24)12-23)22-10-14-3-1-2-7-21-14;/h1-5,7,9,17-18,22,24H,6,8,10-12H2;1H/t17-,18-;/m1./s1. The van der Waals surface area contributed by atoms with E-state index < -0.39 is 17.7 Å². The Kier molecular flexibility index (Phi) is 7.25. The van der Waals surface area contributed by atoms with Gasteiger partial charge in [-0.15, -0.1) is 12.4 Å². The average molecular weight is 370 g/mol. The lowest BCUT2D eigenvalue weighted by Crippen LogP contribution is -2.52. The molecule has 0 unspecified atom stereocenters. The number of nitrogens with one attached hydrogen (secondary N) is 1. The lowest BCUT2D eigenvalue weighted by Gasteiger charge is -2.36. The van der Waals surface area contributed by atoms with Gasteiger partial charge in [0.1, 0.15) is 0 Å². The zero-order valence-electron chi connectivity index (χ0n) is 13.7. The molecule has 0 radical (unpaired) electrons. The number of piperidine rings is 1. The Labute approximate surface area is 152 Å². The monoisotopic (exact) mass is 369 g/mol. The van der Waals surface area contributed by atoms with E-state index in [0.29, 0.717) is 25.2 Å². The van der Waals surface area contributed by atoms with Crippen LogP contribution in [0.25, 0.3) is 0 Å². The molecule has 25 heavy (non-hydrogen) atoms. The fourth-order valence-corrected chi connectivity index (χ4v) is 3.01. The van der Waals surface area contributed by atoms with Crippen LogP contribution >= 0.6 is 12.4 Å². The zero-order valence-corrected chi connectivity index (χ0v) is 14.6. The number of benzene rings is 1. The van der Waals surface area contributed by atoms with E-state index in [-0.39, 0.29) is 18.4 Å². The Hall–Kier alpha value is -1.60. The van der Waals surface area contributed by atoms with Gasteiger partial charge >= 0.3 is 0 Å². The predicted octanol–water partition coefficient (Wildman–Crippen LogP) is 2.51. The minimum absolute atomic E-state index is 0. The number of hydrogen-bond donors (Lipinski definition) is 2. The van der Waals surface area contributed by atoms with Gasteiger partial charge in [-0.3, -0.25) is 9.88 Å². The maximum absolute atomic E-state index is 13.3. The molecule has 3 rings (SSSR count). The van der Waals surface area contributed by atoms with Gasteiger partial charge in [0.05, 0.1) is 11.8 Å². The van der Waals surface area contributed by atoms with Crippen LogP contribution in [0, 0.1) is 11.6 Å². The lowest BCUT2D eigenvalue weighted by atomic mass is 10.0. The molecular formula is C18H22ClF2N3O. The van der Waals surface area contributed by atoms with Gasteiger partial charge in [0.2, 0.25) is 0 Å². The van der Waals surface area contributed by atoms with Crippen molar-refractivity contribution in [1.29, 1.82) is 0 Å². The molecule has 0 bridgehead atoms. The van der Waals surface area contributed by atoms with Crippen molar-refractivity contribution < 1.29 is 13.9 Å². The second kappa shape index (κ2) is 9.20. The normalized spacial score (nSPS) is 20.9. The molecule has 1 aromatic carbocycles. The average Bonchev–Trinajstić information content (AvgIpc) is 2.58. The number of halogens is 3. The van der Waals surface area contributed by atoms with E-state index in [1.807, 2.05) is 18.2 Å². The van der Waals surface area contributed by atoms with Crippen LogP contribution in [0.1, 0.15) is 17.7 Å². The van der Waals surface area contributed by atoms with Crippen LogP contribution in [0.4, 0.5) is 8.78 Å². The first-order valence-corrected chi connectivity index (χ1v) is 8.09. The molecule has 4 nitrogen and oxygen atoms in total. The fraction of sp³-hybridized carbons (Fsp3) is 0.389. The maximum atomic E-state index is 13.3. The third kappa shape index (κ3) is 5.44. The molecule has 2 aromatic rings. The minimum atomic E-state index is -0.837. The van der Waals surface area contributed by atoms with Crippen molar-refractivity contribution in [3.05, 3.63) is 65.5 Å². The first kappa shape index (κ1) is 19.7. The number of pyridine rings is 1. The number of β-amino-alcohol motifs (C(OH)–C–C–N with tert-alkyl or cyclic N) is 1. The Balaban J connectivity index is 0.00000225. The summed E-state index contributed by atoms with van der Waals surface area (Å²) in [6.45, 7) is 2.40. The lowest BCUT2D eigenvalue weighted by molar-refractivity contribution is 0.0363. The third-order valence-corrected chi connectivity index (χ3v) is 4.33. The van der Waals surface area contributed by atoms with Crippen molar-refractivity contribution in [3.8, 4) is 0 Å². The van der Waals surface area contributed by atoms with E-state index in [1.54, 1.807) is 12.3 Å². The van der Waals surface area contributed by atoms with E-state index in [9.17, 15) is 13.9 Å². The van der Waals surface area contributed by atoms with Gasteiger partial charge in [-0.1, -0.05) is 12.1 Å². The molecule has 1 fully saturated rings. The number of nitrogens with zero attached hydrogens (tertiary/aromatic N) is 2. The number of rotatable bonds is 5. The molecule has 1 saturated heterocycles. The summed E-state index contributed by atoms with van der Waals surface area (Å²) < 4.78 is 26.2. The molecule has 2 atom stereocenters. The van der Waals surface area contributed by atoms with Crippen molar-refractivity contribution in [2.24, 2.45) is 0 Å². The van der Waals surface area contributed by atoms with Gasteiger partial charge in [0.25, 0.3) is 0 Å². The largest absolute Gasteiger partial charge is 0.390 e. The van der Waals surface area contributed by atoms with E-state index in [2.05, 4.69) is 15.2 Å². The summed E-state index contributed by atoms with van der Waals surface area (Å²) in [7, 11) is 0. The Bertz CT molecular complexity index is 675. The first-order chi connectivity index (χ1) is 11.6. The van der Waals surface area contributed by atoms with Crippen LogP contribution in [0.3, 0.4) is 0 Å². The summed E-state index contributed by atoms with van der Waals surface area (Å²) in [5.74, 6) is -1.67. The molecule has 2 heterocycles. The topological polar surface area (TPSA) is 48.4 Å². The van der Waals surface area contributed by atoms with Gasteiger partial charge in [-0.05, 0) is 36.2 Å². The molecule has 0 amide bonds. The van der Waals surface area contributed by atoms with Crippen molar-refractivity contribution in [3.63, 3.8) is 0 Å². The van der Waals surface area contributed by atoms with Gasteiger partial charge in [-0.2, -0.15) is 0 Å². The Morgan fingerprint density at radius 3 is 2.72 bits per heavy atom. The number of aromatic nitrogens is 1. The number of hydrogen-bond acceptors (Lipinski definition) is 4. The van der Waals surface area contributed by atoms with Crippen molar-refractivity contribution in [1.82, 2.24) is 15.2 Å². The van der Waals surface area contributed by atoms with E-state index in [0.717, 1.165) is 24.7 Å². The highest BCUT2D eigenvalue weighted by Crippen LogP contribution is 2.16. The van der Waals surface area contributed by atoms with Crippen LogP contribution in [0.15, 0.2) is 42.6 Å². The second-order valence-electron chi connectivity index (χ2n) is 6.15. The van der Waals surface area contributed by atoms with Crippen LogP contribution in [-0.4, -0.2) is 40.2 Å². The highest BCUT2D eigenvalue weighted by molar-refractivity contribution is 5.85. The molecule has 7 heteroatoms. The molecule has 0 aliphatic carbocycles. The van der Waals surface area contributed by atoms with Crippen molar-refractivity contribution in [2.75, 3.05) is 13.1 Å².